The molecule has 188 valence electrons. The average Bonchev–Trinajstić information content (AvgIpc) is 3.52. The fourth-order valence-electron chi connectivity index (χ4n) is 5.03. The summed E-state index contributed by atoms with van der Waals surface area (Å²) in [5.74, 6) is 3.13. The Balaban J connectivity index is 1.34. The Morgan fingerprint density at radius 3 is 2.64 bits per heavy atom. The molecule has 2 aromatic heterocycles. The quantitative estimate of drug-likeness (QED) is 0.391. The van der Waals surface area contributed by atoms with Crippen molar-refractivity contribution in [2.75, 3.05) is 20.2 Å². The van der Waals surface area contributed by atoms with Gasteiger partial charge in [-0.15, -0.1) is 10.2 Å². The summed E-state index contributed by atoms with van der Waals surface area (Å²) in [7, 11) is 1.72. The third-order valence-corrected chi connectivity index (χ3v) is 6.80. The number of benzene rings is 2. The van der Waals surface area contributed by atoms with E-state index in [1.54, 1.807) is 19.2 Å². The molecular formula is C28H33N5O3. The second-order valence-corrected chi connectivity index (χ2v) is 9.76. The summed E-state index contributed by atoms with van der Waals surface area (Å²) in [5.41, 5.74) is 1.28. The van der Waals surface area contributed by atoms with E-state index in [-0.39, 0.29) is 11.9 Å². The number of methoxy groups -OCH3 is 1. The first kappa shape index (κ1) is 24.1. The molecule has 5 rings (SSSR count). The number of fused-ring (bicyclic) bond motifs is 2. The van der Waals surface area contributed by atoms with Crippen LogP contribution in [-0.2, 0) is 19.5 Å². The maximum absolute atomic E-state index is 12.8. The molecule has 8 heteroatoms. The van der Waals surface area contributed by atoms with Crippen molar-refractivity contribution in [1.82, 2.24) is 25.0 Å². The number of hydrogen-bond donors (Lipinski definition) is 1. The predicted octanol–water partition coefficient (Wildman–Crippen LogP) is 4.61. The summed E-state index contributed by atoms with van der Waals surface area (Å²) >= 11 is 0. The summed E-state index contributed by atoms with van der Waals surface area (Å²) in [6, 6.07) is 15.8. The van der Waals surface area contributed by atoms with Crippen molar-refractivity contribution in [3.8, 4) is 5.75 Å². The molecule has 0 saturated heterocycles. The summed E-state index contributed by atoms with van der Waals surface area (Å²) in [5, 5.41) is 14.5. The SMILES string of the molecule is COc1ccc(CN2CCc3nnc([C@@H](CC(C)C)NC(=O)c4ccco4)n3CC2)c2ccccc12. The van der Waals surface area contributed by atoms with Gasteiger partial charge in [0.2, 0.25) is 0 Å². The van der Waals surface area contributed by atoms with Crippen LogP contribution < -0.4 is 10.1 Å². The van der Waals surface area contributed by atoms with Gasteiger partial charge in [0, 0.05) is 38.0 Å². The molecule has 1 amide bonds. The van der Waals surface area contributed by atoms with Gasteiger partial charge in [0.25, 0.3) is 5.91 Å². The van der Waals surface area contributed by atoms with Crippen molar-refractivity contribution < 1.29 is 13.9 Å². The summed E-state index contributed by atoms with van der Waals surface area (Å²) in [4.78, 5) is 15.2. The number of furan rings is 1. The van der Waals surface area contributed by atoms with Gasteiger partial charge >= 0.3 is 0 Å². The van der Waals surface area contributed by atoms with E-state index < -0.39 is 0 Å². The number of nitrogens with zero attached hydrogens (tertiary/aromatic N) is 4. The molecule has 0 fully saturated rings. The van der Waals surface area contributed by atoms with Gasteiger partial charge < -0.3 is 19.0 Å². The van der Waals surface area contributed by atoms with E-state index in [0.717, 1.165) is 61.8 Å². The van der Waals surface area contributed by atoms with Gasteiger partial charge in [-0.25, -0.2) is 0 Å². The molecular weight excluding hydrogens is 454 g/mol. The molecule has 36 heavy (non-hydrogen) atoms. The van der Waals surface area contributed by atoms with Crippen molar-refractivity contribution in [1.29, 1.82) is 0 Å². The van der Waals surface area contributed by atoms with Gasteiger partial charge in [-0.05, 0) is 41.5 Å². The van der Waals surface area contributed by atoms with Crippen LogP contribution in [-0.4, -0.2) is 45.8 Å². The Morgan fingerprint density at radius 2 is 1.89 bits per heavy atom. The average molecular weight is 488 g/mol. The van der Waals surface area contributed by atoms with Crippen molar-refractivity contribution in [2.24, 2.45) is 5.92 Å². The van der Waals surface area contributed by atoms with E-state index in [9.17, 15) is 4.79 Å². The molecule has 2 aromatic carbocycles. The molecule has 4 aromatic rings. The lowest BCUT2D eigenvalue weighted by atomic mass is 10.0. The fourth-order valence-corrected chi connectivity index (χ4v) is 5.03. The first-order valence-corrected chi connectivity index (χ1v) is 12.6. The van der Waals surface area contributed by atoms with E-state index in [1.165, 1.54) is 17.2 Å². The molecule has 0 radical (unpaired) electrons. The normalized spacial score (nSPS) is 15.0. The smallest absolute Gasteiger partial charge is 0.287 e. The van der Waals surface area contributed by atoms with Gasteiger partial charge in [0.15, 0.2) is 11.6 Å². The minimum absolute atomic E-state index is 0.232. The molecule has 8 nitrogen and oxygen atoms in total. The van der Waals surface area contributed by atoms with Crippen LogP contribution in [0.1, 0.15) is 54.1 Å². The Hall–Kier alpha value is -3.65. The molecule has 0 bridgehead atoms. The maximum atomic E-state index is 12.8. The lowest BCUT2D eigenvalue weighted by Crippen LogP contribution is -2.32. The standard InChI is InChI=1S/C28H33N5O3/c1-19(2)17-23(29-28(34)25-9-6-16-36-25)27-31-30-26-12-13-32(14-15-33(26)27)18-20-10-11-24(35-3)22-8-5-4-7-21(20)22/h4-11,16,19,23H,12-15,17-18H2,1-3H3,(H,29,34)/t23-/m1/s1. The molecule has 1 N–H and O–H groups in total. The number of rotatable bonds is 8. The van der Waals surface area contributed by atoms with Crippen LogP contribution in [0, 0.1) is 5.92 Å². The van der Waals surface area contributed by atoms with Crippen LogP contribution in [0.15, 0.2) is 59.2 Å². The minimum atomic E-state index is -0.235. The molecule has 3 heterocycles. The topological polar surface area (TPSA) is 85.4 Å². The lowest BCUT2D eigenvalue weighted by molar-refractivity contribution is 0.0900. The number of nitrogens with one attached hydrogen (secondary N) is 1. The Morgan fingerprint density at radius 1 is 1.06 bits per heavy atom. The lowest BCUT2D eigenvalue weighted by Gasteiger charge is -2.22. The number of carbonyl (C=O) groups is 1. The second-order valence-electron chi connectivity index (χ2n) is 9.76. The number of carbonyl (C=O) groups excluding carboxylic acids is 1. The largest absolute Gasteiger partial charge is 0.496 e. The molecule has 1 aliphatic heterocycles. The van der Waals surface area contributed by atoms with E-state index in [2.05, 4.69) is 69.2 Å². The van der Waals surface area contributed by atoms with Crippen molar-refractivity contribution in [3.63, 3.8) is 0 Å². The van der Waals surface area contributed by atoms with Gasteiger partial charge in [0.1, 0.15) is 11.6 Å². The Labute approximate surface area is 211 Å². The summed E-state index contributed by atoms with van der Waals surface area (Å²) in [6.07, 6.45) is 3.09. The monoisotopic (exact) mass is 487 g/mol. The number of ether oxygens (including phenoxy) is 1. The van der Waals surface area contributed by atoms with E-state index in [4.69, 9.17) is 9.15 Å². The van der Waals surface area contributed by atoms with Crippen LogP contribution in [0.2, 0.25) is 0 Å². The van der Waals surface area contributed by atoms with Gasteiger partial charge in [-0.1, -0.05) is 44.2 Å². The zero-order valence-corrected chi connectivity index (χ0v) is 21.1. The number of hydrogen-bond acceptors (Lipinski definition) is 6. The van der Waals surface area contributed by atoms with Crippen molar-refractivity contribution in [2.45, 2.75) is 45.8 Å². The number of aromatic nitrogens is 3. The third kappa shape index (κ3) is 4.99. The number of amides is 1. The zero-order chi connectivity index (χ0) is 25.1. The van der Waals surface area contributed by atoms with E-state index in [0.29, 0.717) is 11.7 Å². The molecule has 0 spiro atoms. The zero-order valence-electron chi connectivity index (χ0n) is 21.1. The molecule has 1 atom stereocenters. The van der Waals surface area contributed by atoms with Crippen LogP contribution in [0.5, 0.6) is 5.75 Å². The van der Waals surface area contributed by atoms with Gasteiger partial charge in [-0.2, -0.15) is 0 Å². The molecule has 0 unspecified atom stereocenters. The highest BCUT2D eigenvalue weighted by Gasteiger charge is 2.27. The highest BCUT2D eigenvalue weighted by atomic mass is 16.5. The van der Waals surface area contributed by atoms with Gasteiger partial charge in [-0.3, -0.25) is 9.69 Å². The van der Waals surface area contributed by atoms with Crippen LogP contribution >= 0.6 is 0 Å². The van der Waals surface area contributed by atoms with E-state index >= 15 is 0 Å². The van der Waals surface area contributed by atoms with Crippen LogP contribution in [0.25, 0.3) is 10.8 Å². The Bertz CT molecular complexity index is 1330. The Kier molecular flexibility index (Phi) is 7.04. The molecule has 1 aliphatic rings. The first-order valence-electron chi connectivity index (χ1n) is 12.6. The second kappa shape index (κ2) is 10.5. The van der Waals surface area contributed by atoms with Crippen LogP contribution in [0.4, 0.5) is 0 Å². The van der Waals surface area contributed by atoms with Crippen molar-refractivity contribution in [3.05, 3.63) is 77.8 Å². The third-order valence-electron chi connectivity index (χ3n) is 6.80. The highest BCUT2D eigenvalue weighted by molar-refractivity contribution is 5.92. The maximum Gasteiger partial charge on any atom is 0.287 e. The highest BCUT2D eigenvalue weighted by Crippen LogP contribution is 2.29. The van der Waals surface area contributed by atoms with Gasteiger partial charge in [0.05, 0.1) is 19.4 Å². The minimum Gasteiger partial charge on any atom is -0.496 e. The molecule has 0 aliphatic carbocycles. The first-order chi connectivity index (χ1) is 17.5. The van der Waals surface area contributed by atoms with Crippen molar-refractivity contribution >= 4 is 16.7 Å². The predicted molar refractivity (Wildman–Crippen MR) is 138 cm³/mol. The fraction of sp³-hybridized carbons (Fsp3) is 0.393. The van der Waals surface area contributed by atoms with Crippen LogP contribution in [0.3, 0.4) is 0 Å². The summed E-state index contributed by atoms with van der Waals surface area (Å²) in [6.45, 7) is 7.68. The summed E-state index contributed by atoms with van der Waals surface area (Å²) < 4.78 is 13.1. The molecule has 0 saturated carbocycles. The van der Waals surface area contributed by atoms with E-state index in [1.807, 2.05) is 6.07 Å².